The van der Waals surface area contributed by atoms with Gasteiger partial charge in [-0.1, -0.05) is 51.1 Å². The van der Waals surface area contributed by atoms with Crippen LogP contribution in [0.1, 0.15) is 45.1 Å². The summed E-state index contributed by atoms with van der Waals surface area (Å²) in [5, 5.41) is 0. The highest BCUT2D eigenvalue weighted by Gasteiger charge is 2.22. The Morgan fingerprint density at radius 2 is 1.86 bits per heavy atom. The molecule has 0 radical (unpaired) electrons. The predicted molar refractivity (Wildman–Crippen MR) is 90.4 cm³/mol. The molecule has 0 heterocycles. The van der Waals surface area contributed by atoms with Gasteiger partial charge in [-0.2, -0.15) is 0 Å². The molecule has 0 spiro atoms. The van der Waals surface area contributed by atoms with Gasteiger partial charge in [0.2, 0.25) is 10.0 Å². The second-order valence-corrected chi connectivity index (χ2v) is 8.60. The first-order valence-electron chi connectivity index (χ1n) is 7.34. The van der Waals surface area contributed by atoms with Crippen molar-refractivity contribution in [2.24, 2.45) is 5.41 Å². The van der Waals surface area contributed by atoms with Crippen LogP contribution in [0, 0.1) is 5.41 Å². The van der Waals surface area contributed by atoms with Gasteiger partial charge in [0, 0.05) is 12.4 Å². The second-order valence-electron chi connectivity index (χ2n) is 6.37. The monoisotopic (exact) mass is 331 g/mol. The molecule has 21 heavy (non-hydrogen) atoms. The average Bonchev–Trinajstić information content (AvgIpc) is 2.44. The van der Waals surface area contributed by atoms with Gasteiger partial charge in [-0.05, 0) is 29.7 Å². The first kappa shape index (κ1) is 18.5. The van der Waals surface area contributed by atoms with E-state index in [1.807, 2.05) is 37.3 Å². The first-order valence-corrected chi connectivity index (χ1v) is 9.53. The number of alkyl halides is 1. The van der Waals surface area contributed by atoms with Crippen LogP contribution in [0.4, 0.5) is 0 Å². The Bertz CT molecular complexity index is 514. The lowest BCUT2D eigenvalue weighted by Crippen LogP contribution is -2.36. The van der Waals surface area contributed by atoms with Crippen LogP contribution in [-0.4, -0.2) is 26.6 Å². The van der Waals surface area contributed by atoms with Crippen molar-refractivity contribution < 1.29 is 8.42 Å². The van der Waals surface area contributed by atoms with Crippen LogP contribution in [0.3, 0.4) is 0 Å². The standard InChI is InChI=1S/C16H26ClNO2S/c1-14(15-8-5-4-6-9-15)12-21(19,20)18-13-16(2,3)10-7-11-17/h4-6,8-9,14,18H,7,10-13H2,1-3H3. The van der Waals surface area contributed by atoms with Gasteiger partial charge in [-0.25, -0.2) is 13.1 Å². The summed E-state index contributed by atoms with van der Waals surface area (Å²) in [5.41, 5.74) is 0.974. The van der Waals surface area contributed by atoms with E-state index in [1.165, 1.54) is 0 Å². The van der Waals surface area contributed by atoms with Crippen molar-refractivity contribution >= 4 is 21.6 Å². The maximum Gasteiger partial charge on any atom is 0.212 e. The number of rotatable bonds is 9. The quantitative estimate of drug-likeness (QED) is 0.700. The maximum atomic E-state index is 12.2. The lowest BCUT2D eigenvalue weighted by atomic mass is 9.88. The summed E-state index contributed by atoms with van der Waals surface area (Å²) in [7, 11) is -3.27. The topological polar surface area (TPSA) is 46.2 Å². The minimum absolute atomic E-state index is 0.0188. The molecule has 0 bridgehead atoms. The van der Waals surface area contributed by atoms with Crippen molar-refractivity contribution in [2.45, 2.75) is 39.5 Å². The van der Waals surface area contributed by atoms with Gasteiger partial charge in [-0.3, -0.25) is 0 Å². The molecular formula is C16H26ClNO2S. The second kappa shape index (κ2) is 8.16. The number of hydrogen-bond acceptors (Lipinski definition) is 2. The highest BCUT2D eigenvalue weighted by molar-refractivity contribution is 7.89. The molecule has 0 fully saturated rings. The van der Waals surface area contributed by atoms with Gasteiger partial charge in [0.25, 0.3) is 0 Å². The third kappa shape index (κ3) is 7.30. The fourth-order valence-electron chi connectivity index (χ4n) is 2.20. The summed E-state index contributed by atoms with van der Waals surface area (Å²) in [4.78, 5) is 0. The Morgan fingerprint density at radius 1 is 1.24 bits per heavy atom. The van der Waals surface area contributed by atoms with Crippen molar-refractivity contribution in [3.05, 3.63) is 35.9 Å². The van der Waals surface area contributed by atoms with Crippen molar-refractivity contribution in [1.82, 2.24) is 4.72 Å². The van der Waals surface area contributed by atoms with Gasteiger partial charge >= 0.3 is 0 Å². The van der Waals surface area contributed by atoms with E-state index < -0.39 is 10.0 Å². The van der Waals surface area contributed by atoms with E-state index in [-0.39, 0.29) is 17.1 Å². The van der Waals surface area contributed by atoms with E-state index in [0.29, 0.717) is 12.4 Å². The molecule has 1 atom stereocenters. The van der Waals surface area contributed by atoms with Crippen LogP contribution >= 0.6 is 11.6 Å². The van der Waals surface area contributed by atoms with E-state index in [4.69, 9.17) is 11.6 Å². The third-order valence-electron chi connectivity index (χ3n) is 3.60. The third-order valence-corrected chi connectivity index (χ3v) is 5.39. The molecule has 1 unspecified atom stereocenters. The van der Waals surface area contributed by atoms with Crippen molar-refractivity contribution in [1.29, 1.82) is 0 Å². The minimum atomic E-state index is -3.27. The molecule has 1 N–H and O–H groups in total. The SMILES string of the molecule is CC(CS(=O)(=O)NCC(C)(C)CCCCl)c1ccccc1. The predicted octanol–water partition coefficient (Wildman–Crippen LogP) is 3.75. The van der Waals surface area contributed by atoms with Gasteiger partial charge in [0.1, 0.15) is 0 Å². The fourth-order valence-corrected chi connectivity index (χ4v) is 3.92. The lowest BCUT2D eigenvalue weighted by Gasteiger charge is -2.25. The Hall–Kier alpha value is -0.580. The molecule has 5 heteroatoms. The van der Waals surface area contributed by atoms with Gasteiger partial charge < -0.3 is 0 Å². The van der Waals surface area contributed by atoms with Crippen LogP contribution in [0.5, 0.6) is 0 Å². The van der Waals surface area contributed by atoms with Gasteiger partial charge in [0.15, 0.2) is 0 Å². The molecule has 0 saturated heterocycles. The number of sulfonamides is 1. The zero-order valence-electron chi connectivity index (χ0n) is 13.1. The number of halogens is 1. The van der Waals surface area contributed by atoms with Gasteiger partial charge in [-0.15, -0.1) is 11.6 Å². The molecule has 0 saturated carbocycles. The molecule has 3 nitrogen and oxygen atoms in total. The Balaban J connectivity index is 2.54. The lowest BCUT2D eigenvalue weighted by molar-refractivity contribution is 0.331. The summed E-state index contributed by atoms with van der Waals surface area (Å²) in [6.45, 7) is 6.51. The molecule has 0 aliphatic heterocycles. The van der Waals surface area contributed by atoms with E-state index >= 15 is 0 Å². The summed E-state index contributed by atoms with van der Waals surface area (Å²) < 4.78 is 27.1. The van der Waals surface area contributed by atoms with Gasteiger partial charge in [0.05, 0.1) is 5.75 Å². The zero-order valence-corrected chi connectivity index (χ0v) is 14.7. The molecule has 0 aliphatic carbocycles. The van der Waals surface area contributed by atoms with Crippen LogP contribution in [0.2, 0.25) is 0 Å². The summed E-state index contributed by atoms with van der Waals surface area (Å²) in [6.07, 6.45) is 1.81. The Labute approximate surface area is 134 Å². The van der Waals surface area contributed by atoms with Crippen molar-refractivity contribution in [2.75, 3.05) is 18.2 Å². The fraction of sp³-hybridized carbons (Fsp3) is 0.625. The number of hydrogen-bond donors (Lipinski definition) is 1. The Kier molecular flexibility index (Phi) is 7.17. The average molecular weight is 332 g/mol. The summed E-state index contributed by atoms with van der Waals surface area (Å²) >= 11 is 5.70. The van der Waals surface area contributed by atoms with Crippen LogP contribution in [-0.2, 0) is 10.0 Å². The molecule has 1 aromatic carbocycles. The highest BCUT2D eigenvalue weighted by Crippen LogP contribution is 2.22. The number of benzene rings is 1. The molecular weight excluding hydrogens is 306 g/mol. The Morgan fingerprint density at radius 3 is 2.43 bits per heavy atom. The van der Waals surface area contributed by atoms with E-state index in [1.54, 1.807) is 0 Å². The normalized spacial score (nSPS) is 14.1. The zero-order chi connectivity index (χ0) is 15.9. The van der Waals surface area contributed by atoms with E-state index in [2.05, 4.69) is 18.6 Å². The van der Waals surface area contributed by atoms with Crippen LogP contribution < -0.4 is 4.72 Å². The molecule has 120 valence electrons. The first-order chi connectivity index (χ1) is 9.76. The molecule has 0 aromatic heterocycles. The van der Waals surface area contributed by atoms with Crippen LogP contribution in [0.25, 0.3) is 0 Å². The summed E-state index contributed by atoms with van der Waals surface area (Å²) in [6, 6.07) is 9.72. The van der Waals surface area contributed by atoms with E-state index in [0.717, 1.165) is 18.4 Å². The molecule has 1 rings (SSSR count). The minimum Gasteiger partial charge on any atom is -0.215 e. The maximum absolute atomic E-state index is 12.2. The smallest absolute Gasteiger partial charge is 0.212 e. The summed E-state index contributed by atoms with van der Waals surface area (Å²) in [5.74, 6) is 0.707. The van der Waals surface area contributed by atoms with Crippen LogP contribution in [0.15, 0.2) is 30.3 Å². The highest BCUT2D eigenvalue weighted by atomic mass is 35.5. The number of nitrogens with one attached hydrogen (secondary N) is 1. The van der Waals surface area contributed by atoms with Crippen molar-refractivity contribution in [3.63, 3.8) is 0 Å². The molecule has 1 aromatic rings. The molecule has 0 aliphatic rings. The van der Waals surface area contributed by atoms with Crippen molar-refractivity contribution in [3.8, 4) is 0 Å². The molecule has 0 amide bonds. The van der Waals surface area contributed by atoms with E-state index in [9.17, 15) is 8.42 Å². The largest absolute Gasteiger partial charge is 0.215 e.